The molecule has 3 N–H and O–H groups in total. The minimum Gasteiger partial charge on any atom is -0.497 e. The summed E-state index contributed by atoms with van der Waals surface area (Å²) in [6.45, 7) is 0. The lowest BCUT2D eigenvalue weighted by Gasteiger charge is -2.09. The van der Waals surface area contributed by atoms with Crippen LogP contribution in [0.1, 0.15) is 5.56 Å². The van der Waals surface area contributed by atoms with Crippen molar-refractivity contribution >= 4 is 21.8 Å². The van der Waals surface area contributed by atoms with E-state index in [0.29, 0.717) is 17.2 Å². The first-order chi connectivity index (χ1) is 9.10. The molecule has 2 aromatic rings. The molecule has 0 radical (unpaired) electrons. The molecule has 0 amide bonds. The number of ether oxygens (including phenoxy) is 2. The van der Waals surface area contributed by atoms with Crippen LogP contribution in [0.4, 0.5) is 0 Å². The minimum atomic E-state index is -0.0268. The summed E-state index contributed by atoms with van der Waals surface area (Å²) in [5.74, 6) is 1.68. The summed E-state index contributed by atoms with van der Waals surface area (Å²) >= 11 is 3.39. The van der Waals surface area contributed by atoms with Crippen LogP contribution in [-0.2, 0) is 0 Å². The molecule has 0 saturated carbocycles. The van der Waals surface area contributed by atoms with Crippen LogP contribution in [0.15, 0.2) is 41.0 Å². The lowest BCUT2D eigenvalue weighted by Crippen LogP contribution is -2.11. The standard InChI is InChI=1S/C13H12BrN3O2/c1-18-9-2-3-11(10(14)7-9)19-12-6-8(13(15)16)4-5-17-12/h2-7H,1H3,(H3,15,16). The van der Waals surface area contributed by atoms with E-state index in [1.54, 1.807) is 43.6 Å². The molecule has 0 atom stereocenters. The van der Waals surface area contributed by atoms with Crippen LogP contribution in [0.5, 0.6) is 17.4 Å². The van der Waals surface area contributed by atoms with Gasteiger partial charge < -0.3 is 15.2 Å². The molecule has 5 nitrogen and oxygen atoms in total. The van der Waals surface area contributed by atoms with Crippen molar-refractivity contribution in [3.05, 3.63) is 46.6 Å². The number of hydrogen-bond donors (Lipinski definition) is 2. The zero-order valence-corrected chi connectivity index (χ0v) is 11.8. The number of benzene rings is 1. The quantitative estimate of drug-likeness (QED) is 0.670. The Labute approximate surface area is 119 Å². The Morgan fingerprint density at radius 1 is 1.32 bits per heavy atom. The van der Waals surface area contributed by atoms with E-state index in [9.17, 15) is 0 Å². The van der Waals surface area contributed by atoms with Crippen molar-refractivity contribution in [3.63, 3.8) is 0 Å². The van der Waals surface area contributed by atoms with Gasteiger partial charge in [0, 0.05) is 17.8 Å². The van der Waals surface area contributed by atoms with Gasteiger partial charge in [-0.05, 0) is 40.2 Å². The monoisotopic (exact) mass is 321 g/mol. The van der Waals surface area contributed by atoms with Crippen molar-refractivity contribution in [1.82, 2.24) is 4.98 Å². The number of hydrogen-bond acceptors (Lipinski definition) is 4. The molecule has 2 rings (SSSR count). The second-order valence-corrected chi connectivity index (χ2v) is 4.55. The minimum absolute atomic E-state index is 0.0268. The van der Waals surface area contributed by atoms with Gasteiger partial charge in [0.2, 0.25) is 5.88 Å². The number of pyridine rings is 1. The highest BCUT2D eigenvalue weighted by atomic mass is 79.9. The fourth-order valence-corrected chi connectivity index (χ4v) is 1.88. The van der Waals surface area contributed by atoms with E-state index in [1.807, 2.05) is 0 Å². The number of nitrogens with one attached hydrogen (secondary N) is 1. The van der Waals surface area contributed by atoms with Gasteiger partial charge in [-0.1, -0.05) is 0 Å². The zero-order valence-electron chi connectivity index (χ0n) is 10.2. The third kappa shape index (κ3) is 3.23. The van der Waals surface area contributed by atoms with Crippen LogP contribution in [0, 0.1) is 5.41 Å². The number of nitrogen functional groups attached to an aromatic ring is 1. The Balaban J connectivity index is 2.26. The smallest absolute Gasteiger partial charge is 0.219 e. The van der Waals surface area contributed by atoms with Crippen molar-refractivity contribution < 1.29 is 9.47 Å². The van der Waals surface area contributed by atoms with E-state index >= 15 is 0 Å². The van der Waals surface area contributed by atoms with Crippen LogP contribution >= 0.6 is 15.9 Å². The Morgan fingerprint density at radius 3 is 2.74 bits per heavy atom. The molecule has 0 unspecified atom stereocenters. The maximum Gasteiger partial charge on any atom is 0.219 e. The van der Waals surface area contributed by atoms with Crippen LogP contribution in [0.25, 0.3) is 0 Å². The second kappa shape index (κ2) is 5.71. The molecule has 1 heterocycles. The first-order valence-electron chi connectivity index (χ1n) is 5.42. The van der Waals surface area contributed by atoms with Gasteiger partial charge in [0.15, 0.2) is 0 Å². The molecule has 0 bridgehead atoms. The van der Waals surface area contributed by atoms with Crippen molar-refractivity contribution in [2.24, 2.45) is 5.73 Å². The topological polar surface area (TPSA) is 81.2 Å². The molecule has 98 valence electrons. The number of amidine groups is 1. The van der Waals surface area contributed by atoms with E-state index in [0.717, 1.165) is 10.2 Å². The van der Waals surface area contributed by atoms with Crippen molar-refractivity contribution in [3.8, 4) is 17.4 Å². The van der Waals surface area contributed by atoms with Crippen LogP contribution in [-0.4, -0.2) is 17.9 Å². The number of methoxy groups -OCH3 is 1. The summed E-state index contributed by atoms with van der Waals surface area (Å²) in [7, 11) is 1.60. The predicted molar refractivity (Wildman–Crippen MR) is 76.0 cm³/mol. The Kier molecular flexibility index (Phi) is 4.01. The summed E-state index contributed by atoms with van der Waals surface area (Å²) in [5.41, 5.74) is 5.98. The SMILES string of the molecule is COc1ccc(Oc2cc(C(=N)N)ccn2)c(Br)c1. The van der Waals surface area contributed by atoms with Gasteiger partial charge in [-0.15, -0.1) is 0 Å². The Hall–Kier alpha value is -2.08. The molecule has 0 aliphatic rings. The second-order valence-electron chi connectivity index (χ2n) is 3.69. The molecule has 1 aromatic carbocycles. The third-order valence-electron chi connectivity index (χ3n) is 2.40. The van der Waals surface area contributed by atoms with Crippen molar-refractivity contribution in [2.45, 2.75) is 0 Å². The molecular weight excluding hydrogens is 310 g/mol. The molecule has 0 fully saturated rings. The van der Waals surface area contributed by atoms with Crippen molar-refractivity contribution in [1.29, 1.82) is 5.41 Å². The van der Waals surface area contributed by atoms with Crippen LogP contribution < -0.4 is 15.2 Å². The number of nitrogens with two attached hydrogens (primary N) is 1. The average molecular weight is 322 g/mol. The highest BCUT2D eigenvalue weighted by molar-refractivity contribution is 9.10. The number of aromatic nitrogens is 1. The normalized spacial score (nSPS) is 10.0. The zero-order chi connectivity index (χ0) is 13.8. The largest absolute Gasteiger partial charge is 0.497 e. The highest BCUT2D eigenvalue weighted by Crippen LogP contribution is 2.32. The first kappa shape index (κ1) is 13.4. The molecule has 19 heavy (non-hydrogen) atoms. The van der Waals surface area contributed by atoms with Gasteiger partial charge in [-0.2, -0.15) is 0 Å². The summed E-state index contributed by atoms with van der Waals surface area (Å²) < 4.78 is 11.5. The molecular formula is C13H12BrN3O2. The fraction of sp³-hybridized carbons (Fsp3) is 0.0769. The van der Waals surface area contributed by atoms with Crippen LogP contribution in [0.2, 0.25) is 0 Å². The Morgan fingerprint density at radius 2 is 2.11 bits per heavy atom. The maximum atomic E-state index is 7.38. The number of nitrogens with zero attached hydrogens (tertiary/aromatic N) is 1. The Bertz CT molecular complexity index is 617. The van der Waals surface area contributed by atoms with Crippen LogP contribution in [0.3, 0.4) is 0 Å². The maximum absolute atomic E-state index is 7.38. The molecule has 1 aromatic heterocycles. The van der Waals surface area contributed by atoms with Gasteiger partial charge in [-0.25, -0.2) is 4.98 Å². The van der Waals surface area contributed by atoms with Gasteiger partial charge >= 0.3 is 0 Å². The van der Waals surface area contributed by atoms with E-state index in [4.69, 9.17) is 20.6 Å². The molecule has 0 aliphatic heterocycles. The molecule has 0 spiro atoms. The molecule has 0 aliphatic carbocycles. The summed E-state index contributed by atoms with van der Waals surface area (Å²) in [6, 6.07) is 8.61. The molecule has 6 heteroatoms. The van der Waals surface area contributed by atoms with Gasteiger partial charge in [-0.3, -0.25) is 5.41 Å². The summed E-state index contributed by atoms with van der Waals surface area (Å²) in [4.78, 5) is 4.07. The molecule has 0 saturated heterocycles. The lowest BCUT2D eigenvalue weighted by atomic mass is 10.2. The number of rotatable bonds is 4. The summed E-state index contributed by atoms with van der Waals surface area (Å²) in [6.07, 6.45) is 1.55. The first-order valence-corrected chi connectivity index (χ1v) is 6.21. The van der Waals surface area contributed by atoms with Gasteiger partial charge in [0.1, 0.15) is 17.3 Å². The third-order valence-corrected chi connectivity index (χ3v) is 3.02. The van der Waals surface area contributed by atoms with E-state index in [2.05, 4.69) is 20.9 Å². The van der Waals surface area contributed by atoms with E-state index in [1.165, 1.54) is 0 Å². The number of halogens is 1. The summed E-state index contributed by atoms with van der Waals surface area (Å²) in [5, 5.41) is 7.38. The van der Waals surface area contributed by atoms with E-state index in [-0.39, 0.29) is 5.84 Å². The highest BCUT2D eigenvalue weighted by Gasteiger charge is 2.06. The van der Waals surface area contributed by atoms with Crippen molar-refractivity contribution in [2.75, 3.05) is 7.11 Å². The van der Waals surface area contributed by atoms with Gasteiger partial charge in [0.25, 0.3) is 0 Å². The predicted octanol–water partition coefficient (Wildman–Crippen LogP) is 2.93. The average Bonchev–Trinajstić information content (AvgIpc) is 2.41. The van der Waals surface area contributed by atoms with E-state index < -0.39 is 0 Å². The lowest BCUT2D eigenvalue weighted by molar-refractivity contribution is 0.411. The van der Waals surface area contributed by atoms with Gasteiger partial charge in [0.05, 0.1) is 11.6 Å². The fourth-order valence-electron chi connectivity index (χ4n) is 1.44.